The Morgan fingerprint density at radius 1 is 1.31 bits per heavy atom. The van der Waals surface area contributed by atoms with Crippen LogP contribution in [0.4, 0.5) is 0 Å². The molecule has 2 heteroatoms. The summed E-state index contributed by atoms with van der Waals surface area (Å²) in [5.74, 6) is 1.91. The normalized spacial score (nSPS) is 26.1. The molecule has 2 aliphatic carbocycles. The van der Waals surface area contributed by atoms with Crippen molar-refractivity contribution in [3.63, 3.8) is 0 Å². The smallest absolute Gasteiger partial charge is 0.0243 e. The van der Waals surface area contributed by atoms with E-state index in [1.54, 1.807) is 0 Å². The highest BCUT2D eigenvalue weighted by atomic mass is 15.1. The number of likely N-dealkylation sites (N-methyl/N-ethyl adjacent to an activating group) is 1. The number of nitrogens with zero attached hydrogens (tertiary/aromatic N) is 1. The first-order valence-electron chi connectivity index (χ1n) is 5.71. The monoisotopic (exact) mass is 182 g/mol. The van der Waals surface area contributed by atoms with Gasteiger partial charge >= 0.3 is 0 Å². The first kappa shape index (κ1) is 9.47. The molecule has 2 rings (SSSR count). The van der Waals surface area contributed by atoms with Crippen molar-refractivity contribution in [2.24, 2.45) is 17.6 Å². The van der Waals surface area contributed by atoms with Gasteiger partial charge in [-0.05, 0) is 44.6 Å². The second-order valence-corrected chi connectivity index (χ2v) is 4.88. The minimum absolute atomic E-state index is 0.681. The van der Waals surface area contributed by atoms with Crippen LogP contribution in [-0.2, 0) is 0 Å². The first-order chi connectivity index (χ1) is 6.31. The number of rotatable bonds is 5. The quantitative estimate of drug-likeness (QED) is 0.697. The molecular formula is C11H22N2. The summed E-state index contributed by atoms with van der Waals surface area (Å²) in [6, 6.07) is 0.681. The summed E-state index contributed by atoms with van der Waals surface area (Å²) in [5, 5.41) is 0. The van der Waals surface area contributed by atoms with Crippen LogP contribution in [0.2, 0.25) is 0 Å². The molecule has 0 bridgehead atoms. The maximum Gasteiger partial charge on any atom is 0.0243 e. The van der Waals surface area contributed by atoms with Crippen molar-refractivity contribution in [3.8, 4) is 0 Å². The number of nitrogens with two attached hydrogens (primary N) is 1. The summed E-state index contributed by atoms with van der Waals surface area (Å²) in [7, 11) is 2.26. The van der Waals surface area contributed by atoms with Crippen molar-refractivity contribution in [1.29, 1.82) is 0 Å². The summed E-state index contributed by atoms with van der Waals surface area (Å²) in [4.78, 5) is 2.52. The second-order valence-electron chi connectivity index (χ2n) is 4.88. The molecule has 13 heavy (non-hydrogen) atoms. The maximum absolute atomic E-state index is 5.81. The first-order valence-corrected chi connectivity index (χ1v) is 5.71. The molecule has 0 aromatic rings. The fourth-order valence-electron chi connectivity index (χ4n) is 2.43. The molecule has 0 aromatic heterocycles. The fourth-order valence-corrected chi connectivity index (χ4v) is 2.43. The average Bonchev–Trinajstić information content (AvgIpc) is 2.82. The van der Waals surface area contributed by atoms with Crippen molar-refractivity contribution >= 4 is 0 Å². The summed E-state index contributed by atoms with van der Waals surface area (Å²) >= 11 is 0. The van der Waals surface area contributed by atoms with Crippen molar-refractivity contribution in [2.45, 2.75) is 38.1 Å². The lowest BCUT2D eigenvalue weighted by Gasteiger charge is -2.34. The maximum atomic E-state index is 5.81. The summed E-state index contributed by atoms with van der Waals surface area (Å²) in [6.45, 7) is 2.15. The number of hydrogen-bond donors (Lipinski definition) is 1. The summed E-state index contributed by atoms with van der Waals surface area (Å²) in [5.41, 5.74) is 5.81. The topological polar surface area (TPSA) is 29.3 Å². The Kier molecular flexibility index (Phi) is 2.89. The molecule has 0 aromatic carbocycles. The van der Waals surface area contributed by atoms with Crippen LogP contribution in [-0.4, -0.2) is 31.1 Å². The van der Waals surface area contributed by atoms with Crippen molar-refractivity contribution in [1.82, 2.24) is 4.90 Å². The molecule has 76 valence electrons. The fraction of sp³-hybridized carbons (Fsp3) is 1.00. The molecule has 1 unspecified atom stereocenters. The molecule has 0 heterocycles. The molecule has 1 atom stereocenters. The molecule has 0 radical (unpaired) electrons. The van der Waals surface area contributed by atoms with E-state index in [2.05, 4.69) is 11.9 Å². The minimum Gasteiger partial charge on any atom is -0.329 e. The van der Waals surface area contributed by atoms with Crippen LogP contribution in [0.1, 0.15) is 32.1 Å². The van der Waals surface area contributed by atoms with Gasteiger partial charge in [-0.1, -0.05) is 6.42 Å². The minimum atomic E-state index is 0.681. The predicted molar refractivity (Wildman–Crippen MR) is 55.5 cm³/mol. The third-order valence-electron chi connectivity index (χ3n) is 3.74. The zero-order chi connectivity index (χ0) is 9.26. The molecule has 2 nitrogen and oxygen atoms in total. The highest BCUT2D eigenvalue weighted by molar-refractivity contribution is 4.89. The van der Waals surface area contributed by atoms with Crippen LogP contribution in [0.25, 0.3) is 0 Å². The van der Waals surface area contributed by atoms with Gasteiger partial charge in [-0.15, -0.1) is 0 Å². The third-order valence-corrected chi connectivity index (χ3v) is 3.74. The van der Waals surface area contributed by atoms with Gasteiger partial charge in [0.25, 0.3) is 0 Å². The summed E-state index contributed by atoms with van der Waals surface area (Å²) < 4.78 is 0. The van der Waals surface area contributed by atoms with Crippen LogP contribution in [0.3, 0.4) is 0 Å². The molecule has 0 spiro atoms. The third kappa shape index (κ3) is 2.23. The van der Waals surface area contributed by atoms with Crippen LogP contribution < -0.4 is 5.73 Å². The van der Waals surface area contributed by atoms with Crippen molar-refractivity contribution in [2.75, 3.05) is 20.1 Å². The van der Waals surface area contributed by atoms with E-state index < -0.39 is 0 Å². The van der Waals surface area contributed by atoms with E-state index in [0.717, 1.165) is 18.4 Å². The van der Waals surface area contributed by atoms with Gasteiger partial charge in [0.1, 0.15) is 0 Å². The van der Waals surface area contributed by atoms with Crippen molar-refractivity contribution in [3.05, 3.63) is 0 Å². The molecule has 2 fully saturated rings. The van der Waals surface area contributed by atoms with Gasteiger partial charge < -0.3 is 10.6 Å². The zero-order valence-electron chi connectivity index (χ0n) is 8.71. The van der Waals surface area contributed by atoms with E-state index in [9.17, 15) is 0 Å². The highest BCUT2D eigenvalue weighted by Crippen LogP contribution is 2.36. The van der Waals surface area contributed by atoms with Gasteiger partial charge in [0, 0.05) is 19.1 Å². The molecule has 2 aliphatic rings. The predicted octanol–water partition coefficient (Wildman–Crippen LogP) is 1.46. The second kappa shape index (κ2) is 3.97. The van der Waals surface area contributed by atoms with Gasteiger partial charge in [0.05, 0.1) is 0 Å². The molecule has 0 amide bonds. The van der Waals surface area contributed by atoms with E-state index >= 15 is 0 Å². The molecular weight excluding hydrogens is 160 g/mol. The van der Waals surface area contributed by atoms with Gasteiger partial charge in [-0.2, -0.15) is 0 Å². The number of hydrogen-bond acceptors (Lipinski definition) is 2. The Balaban J connectivity index is 1.75. The van der Waals surface area contributed by atoms with E-state index in [0.29, 0.717) is 6.04 Å². The molecule has 2 saturated carbocycles. The SMILES string of the molecule is CN(CC1CCC1)C(CN)C1CC1. The summed E-state index contributed by atoms with van der Waals surface area (Å²) in [6.07, 6.45) is 7.18. The Morgan fingerprint density at radius 3 is 2.38 bits per heavy atom. The van der Waals surface area contributed by atoms with Crippen LogP contribution in [0.5, 0.6) is 0 Å². The van der Waals surface area contributed by atoms with Gasteiger partial charge in [0.15, 0.2) is 0 Å². The van der Waals surface area contributed by atoms with Crippen LogP contribution in [0.15, 0.2) is 0 Å². The Hall–Kier alpha value is -0.0800. The van der Waals surface area contributed by atoms with E-state index in [4.69, 9.17) is 5.73 Å². The van der Waals surface area contributed by atoms with Gasteiger partial charge in [-0.3, -0.25) is 0 Å². The molecule has 0 aliphatic heterocycles. The molecule has 2 N–H and O–H groups in total. The Morgan fingerprint density at radius 2 is 2.00 bits per heavy atom. The van der Waals surface area contributed by atoms with Crippen LogP contribution in [0, 0.1) is 11.8 Å². The lowest BCUT2D eigenvalue weighted by molar-refractivity contribution is 0.152. The zero-order valence-corrected chi connectivity index (χ0v) is 8.71. The van der Waals surface area contributed by atoms with E-state index in [1.807, 2.05) is 0 Å². The van der Waals surface area contributed by atoms with Gasteiger partial charge in [-0.25, -0.2) is 0 Å². The van der Waals surface area contributed by atoms with Gasteiger partial charge in [0.2, 0.25) is 0 Å². The Bertz CT molecular complexity index is 161. The van der Waals surface area contributed by atoms with E-state index in [1.165, 1.54) is 38.6 Å². The van der Waals surface area contributed by atoms with Crippen LogP contribution >= 0.6 is 0 Å². The lowest BCUT2D eigenvalue weighted by atomic mass is 9.85. The largest absolute Gasteiger partial charge is 0.329 e. The van der Waals surface area contributed by atoms with E-state index in [-0.39, 0.29) is 0 Å². The average molecular weight is 182 g/mol. The lowest BCUT2D eigenvalue weighted by Crippen LogP contribution is -2.43. The standard InChI is InChI=1S/C11H22N2/c1-13(8-9-3-2-4-9)11(7-12)10-5-6-10/h9-11H,2-8,12H2,1H3. The molecule has 0 saturated heterocycles. The highest BCUT2D eigenvalue weighted by Gasteiger charge is 2.33. The Labute approximate surface area is 81.5 Å². The van der Waals surface area contributed by atoms with Crippen molar-refractivity contribution < 1.29 is 0 Å².